The van der Waals surface area contributed by atoms with E-state index in [-0.39, 0.29) is 27.9 Å². The Bertz CT molecular complexity index is 1660. The molecule has 2 atom stereocenters. The zero-order valence-corrected chi connectivity index (χ0v) is 25.5. The number of Topliss-reactive ketones (excluding diaryl/α,β-unsaturated/α-hetero) is 1. The van der Waals surface area contributed by atoms with Crippen molar-refractivity contribution in [3.8, 4) is 5.75 Å². The van der Waals surface area contributed by atoms with Crippen LogP contribution in [0.1, 0.15) is 54.9 Å². The van der Waals surface area contributed by atoms with Gasteiger partial charge in [0.05, 0.1) is 25.4 Å². The van der Waals surface area contributed by atoms with E-state index in [9.17, 15) is 14.0 Å². The summed E-state index contributed by atoms with van der Waals surface area (Å²) in [7, 11) is 1.63. The predicted octanol–water partition coefficient (Wildman–Crippen LogP) is 4.57. The van der Waals surface area contributed by atoms with E-state index >= 15 is 0 Å². The van der Waals surface area contributed by atoms with Crippen LogP contribution in [0.4, 0.5) is 4.39 Å². The van der Waals surface area contributed by atoms with Crippen LogP contribution in [0.3, 0.4) is 0 Å². The maximum Gasteiger partial charge on any atom is 0.186 e. The van der Waals surface area contributed by atoms with E-state index in [4.69, 9.17) is 9.84 Å². The molecule has 0 amide bonds. The van der Waals surface area contributed by atoms with E-state index in [1.807, 2.05) is 42.6 Å². The monoisotopic (exact) mass is 615 g/mol. The van der Waals surface area contributed by atoms with Crippen LogP contribution < -0.4 is 4.74 Å². The first-order valence-corrected chi connectivity index (χ1v) is 15.6. The quantitative estimate of drug-likeness (QED) is 0.240. The van der Waals surface area contributed by atoms with Gasteiger partial charge in [0.25, 0.3) is 0 Å². The maximum absolute atomic E-state index is 15.0. The summed E-state index contributed by atoms with van der Waals surface area (Å²) in [6.07, 6.45) is 6.22. The van der Waals surface area contributed by atoms with Gasteiger partial charge in [-0.25, -0.2) is 9.07 Å². The van der Waals surface area contributed by atoms with Crippen molar-refractivity contribution in [2.45, 2.75) is 50.6 Å². The predicted molar refractivity (Wildman–Crippen MR) is 164 cm³/mol. The fraction of sp³-hybridized carbons (Fsp3) is 0.375. The first kappa shape index (κ1) is 29.9. The molecule has 0 radical (unpaired) electrons. The second-order valence-electron chi connectivity index (χ2n) is 11.2. The fourth-order valence-corrected chi connectivity index (χ4v) is 6.55. The van der Waals surface area contributed by atoms with Crippen LogP contribution in [-0.4, -0.2) is 71.2 Å². The van der Waals surface area contributed by atoms with Crippen LogP contribution in [-0.2, 0) is 22.7 Å². The zero-order valence-electron chi connectivity index (χ0n) is 24.7. The zero-order chi connectivity index (χ0) is 30.6. The van der Waals surface area contributed by atoms with Gasteiger partial charge in [-0.2, -0.15) is 5.10 Å². The number of methoxy groups -OCH3 is 1. The van der Waals surface area contributed by atoms with Crippen molar-refractivity contribution in [1.29, 1.82) is 0 Å². The Morgan fingerprint density at radius 1 is 1.09 bits per heavy atom. The Kier molecular flexibility index (Phi) is 8.99. The number of likely N-dealkylation sites (tertiary alicyclic amines) is 1. The average Bonchev–Trinajstić information content (AvgIpc) is 3.64. The normalized spacial score (nSPS) is 18.8. The molecule has 0 bridgehead atoms. The van der Waals surface area contributed by atoms with E-state index in [1.54, 1.807) is 41.6 Å². The molecule has 228 valence electrons. The minimum absolute atomic E-state index is 0.0201. The molecule has 6 rings (SSSR count). The maximum atomic E-state index is 15.0. The lowest BCUT2D eigenvalue weighted by atomic mass is 9.93. The number of carbonyl (C=O) groups excluding carboxylic acids is 2. The van der Waals surface area contributed by atoms with Gasteiger partial charge in [-0.3, -0.25) is 19.2 Å². The standard InChI is InChI=1S/C32H34FN7O3S/c1-21(41)44-29-14-15-38(31(32(42)23-9-10-23)27-5-3-4-6-28(27)33)19-24(29)17-25-13-16-39(35-25)20-30-34-36-37-40(30)18-22-7-11-26(43-2)12-8-22/h3-8,11-13,16-17,23,29,31H,9-10,14-15,18-20H2,1-2H3. The van der Waals surface area contributed by atoms with Crippen molar-refractivity contribution in [3.05, 3.63) is 94.8 Å². The van der Waals surface area contributed by atoms with Crippen molar-refractivity contribution < 1.29 is 18.7 Å². The van der Waals surface area contributed by atoms with Gasteiger partial charge in [0.2, 0.25) is 0 Å². The number of piperidine rings is 1. The van der Waals surface area contributed by atoms with Crippen LogP contribution in [0.2, 0.25) is 0 Å². The Hall–Kier alpha value is -4.16. The van der Waals surface area contributed by atoms with Crippen molar-refractivity contribution in [3.63, 3.8) is 0 Å². The molecule has 2 aromatic carbocycles. The number of tetrazole rings is 1. The van der Waals surface area contributed by atoms with Gasteiger partial charge in [0.15, 0.2) is 16.7 Å². The molecule has 3 heterocycles. The number of ketones is 1. The lowest BCUT2D eigenvalue weighted by Gasteiger charge is -2.38. The molecule has 2 aromatic heterocycles. The van der Waals surface area contributed by atoms with Crippen LogP contribution in [0.5, 0.6) is 5.75 Å². The highest BCUT2D eigenvalue weighted by Gasteiger charge is 2.41. The fourth-order valence-electron chi connectivity index (χ4n) is 5.64. The minimum Gasteiger partial charge on any atom is -0.497 e. The summed E-state index contributed by atoms with van der Waals surface area (Å²) in [5.74, 6) is 1.12. The lowest BCUT2D eigenvalue weighted by molar-refractivity contribution is -0.126. The molecular formula is C32H34FN7O3S. The molecule has 4 aromatic rings. The van der Waals surface area contributed by atoms with E-state index in [0.717, 1.165) is 35.4 Å². The third-order valence-corrected chi connectivity index (χ3v) is 9.15. The van der Waals surface area contributed by atoms with Crippen LogP contribution >= 0.6 is 11.8 Å². The molecule has 2 aliphatic rings. The van der Waals surface area contributed by atoms with Crippen molar-refractivity contribution in [2.24, 2.45) is 5.92 Å². The lowest BCUT2D eigenvalue weighted by Crippen LogP contribution is -2.43. The van der Waals surface area contributed by atoms with Crippen molar-refractivity contribution in [1.82, 2.24) is 34.9 Å². The number of nitrogens with zero attached hydrogens (tertiary/aromatic N) is 7. The molecular weight excluding hydrogens is 581 g/mol. The molecule has 1 aliphatic heterocycles. The number of rotatable bonds is 11. The van der Waals surface area contributed by atoms with Crippen LogP contribution in [0.15, 0.2) is 66.4 Å². The first-order chi connectivity index (χ1) is 21.4. The number of halogens is 1. The Balaban J connectivity index is 1.22. The molecule has 2 fully saturated rings. The second kappa shape index (κ2) is 13.2. The highest BCUT2D eigenvalue weighted by molar-refractivity contribution is 8.14. The third-order valence-electron chi connectivity index (χ3n) is 8.00. The largest absolute Gasteiger partial charge is 0.497 e. The van der Waals surface area contributed by atoms with Gasteiger partial charge >= 0.3 is 0 Å². The van der Waals surface area contributed by atoms with Gasteiger partial charge in [-0.1, -0.05) is 42.1 Å². The average molecular weight is 616 g/mol. The van der Waals surface area contributed by atoms with Gasteiger partial charge in [-0.05, 0) is 71.2 Å². The summed E-state index contributed by atoms with van der Waals surface area (Å²) in [5.41, 5.74) is 3.16. The Morgan fingerprint density at radius 3 is 2.61 bits per heavy atom. The van der Waals surface area contributed by atoms with Crippen LogP contribution in [0.25, 0.3) is 6.08 Å². The summed E-state index contributed by atoms with van der Waals surface area (Å²) >= 11 is 1.29. The molecule has 12 heteroatoms. The van der Waals surface area contributed by atoms with E-state index in [2.05, 4.69) is 20.4 Å². The second-order valence-corrected chi connectivity index (χ2v) is 12.6. The summed E-state index contributed by atoms with van der Waals surface area (Å²) < 4.78 is 23.7. The number of hydrogen-bond acceptors (Lipinski definition) is 9. The number of benzene rings is 2. The minimum atomic E-state index is -0.655. The molecule has 44 heavy (non-hydrogen) atoms. The van der Waals surface area contributed by atoms with Gasteiger partial charge in [0, 0.05) is 42.9 Å². The number of ether oxygens (including phenoxy) is 1. The van der Waals surface area contributed by atoms with Gasteiger partial charge < -0.3 is 4.74 Å². The SMILES string of the molecule is COc1ccc(Cn2nnnc2Cn2ccc(C=C3CN(C(C(=O)C4CC4)c4ccccc4F)CCC3SC(C)=O)n2)cc1. The Labute approximate surface area is 259 Å². The Morgan fingerprint density at radius 2 is 1.89 bits per heavy atom. The molecule has 1 saturated heterocycles. The number of carbonyl (C=O) groups is 2. The smallest absolute Gasteiger partial charge is 0.186 e. The highest BCUT2D eigenvalue weighted by Crippen LogP contribution is 2.40. The highest BCUT2D eigenvalue weighted by atomic mass is 32.2. The third kappa shape index (κ3) is 6.97. The first-order valence-electron chi connectivity index (χ1n) is 14.7. The summed E-state index contributed by atoms with van der Waals surface area (Å²) in [5, 5.41) is 17.0. The molecule has 1 saturated carbocycles. The van der Waals surface area contributed by atoms with E-state index in [1.165, 1.54) is 17.8 Å². The number of thioether (sulfide) groups is 1. The molecule has 1 aliphatic carbocycles. The number of aromatic nitrogens is 6. The van der Waals surface area contributed by atoms with Gasteiger partial charge in [-0.15, -0.1) is 5.10 Å². The summed E-state index contributed by atoms with van der Waals surface area (Å²) in [4.78, 5) is 27.7. The van der Waals surface area contributed by atoms with Crippen molar-refractivity contribution >= 4 is 28.7 Å². The van der Waals surface area contributed by atoms with Crippen molar-refractivity contribution in [2.75, 3.05) is 20.2 Å². The molecule has 10 nitrogen and oxygen atoms in total. The molecule has 0 N–H and O–H groups in total. The van der Waals surface area contributed by atoms with E-state index in [0.29, 0.717) is 44.0 Å². The topological polar surface area (TPSA) is 108 Å². The van der Waals surface area contributed by atoms with Crippen LogP contribution in [0, 0.1) is 11.7 Å². The number of hydrogen-bond donors (Lipinski definition) is 0. The van der Waals surface area contributed by atoms with E-state index < -0.39 is 6.04 Å². The summed E-state index contributed by atoms with van der Waals surface area (Å²) in [6.45, 7) is 3.47. The molecule has 0 spiro atoms. The summed E-state index contributed by atoms with van der Waals surface area (Å²) in [6, 6.07) is 15.5. The van der Waals surface area contributed by atoms with Gasteiger partial charge in [0.1, 0.15) is 18.1 Å². The molecule has 2 unspecified atom stereocenters.